The number of hydrogen-bond acceptors (Lipinski definition) is 6. The molecule has 0 aliphatic heterocycles. The minimum atomic E-state index is -0.471. The number of benzene rings is 2. The molecule has 168 valence electrons. The molecule has 0 unspecified atom stereocenters. The monoisotopic (exact) mass is 436 g/mol. The number of carbonyl (C=O) groups is 2. The van der Waals surface area contributed by atoms with E-state index < -0.39 is 5.97 Å². The van der Waals surface area contributed by atoms with Crippen LogP contribution in [0.5, 0.6) is 5.75 Å². The number of hydrogen-bond donors (Lipinski definition) is 1. The lowest BCUT2D eigenvalue weighted by atomic mass is 10.1. The lowest BCUT2D eigenvalue weighted by molar-refractivity contribution is -0.121. The number of nitrogens with one attached hydrogen (secondary N) is 1. The zero-order valence-corrected chi connectivity index (χ0v) is 18.6. The fourth-order valence-corrected chi connectivity index (χ4v) is 3.09. The van der Waals surface area contributed by atoms with E-state index >= 15 is 0 Å². The predicted molar refractivity (Wildman–Crippen MR) is 120 cm³/mol. The maximum Gasteiger partial charge on any atom is 0.338 e. The molecule has 2 aromatic carbocycles. The van der Waals surface area contributed by atoms with Crippen molar-refractivity contribution in [1.82, 2.24) is 10.5 Å². The van der Waals surface area contributed by atoms with Gasteiger partial charge in [0.05, 0.1) is 23.4 Å². The van der Waals surface area contributed by atoms with E-state index in [0.717, 1.165) is 16.8 Å². The van der Waals surface area contributed by atoms with Crippen molar-refractivity contribution in [3.8, 4) is 5.75 Å². The van der Waals surface area contributed by atoms with Gasteiger partial charge in [-0.25, -0.2) is 4.79 Å². The van der Waals surface area contributed by atoms with Crippen molar-refractivity contribution in [3.63, 3.8) is 0 Å². The van der Waals surface area contributed by atoms with Crippen molar-refractivity contribution in [2.75, 3.05) is 13.2 Å². The maximum absolute atomic E-state index is 12.3. The molecule has 7 heteroatoms. The van der Waals surface area contributed by atoms with Crippen LogP contribution in [0, 0.1) is 20.8 Å². The fourth-order valence-electron chi connectivity index (χ4n) is 3.09. The van der Waals surface area contributed by atoms with E-state index in [9.17, 15) is 9.59 Å². The third kappa shape index (κ3) is 6.70. The van der Waals surface area contributed by atoms with Gasteiger partial charge in [-0.3, -0.25) is 4.79 Å². The van der Waals surface area contributed by atoms with Crippen LogP contribution in [0.2, 0.25) is 0 Å². The van der Waals surface area contributed by atoms with Crippen LogP contribution in [-0.2, 0) is 22.6 Å². The van der Waals surface area contributed by atoms with Gasteiger partial charge < -0.3 is 19.3 Å². The van der Waals surface area contributed by atoms with Crippen molar-refractivity contribution in [3.05, 3.63) is 82.2 Å². The zero-order valence-electron chi connectivity index (χ0n) is 18.6. The smallest absolute Gasteiger partial charge is 0.338 e. The van der Waals surface area contributed by atoms with E-state index in [2.05, 4.69) is 10.5 Å². The summed E-state index contributed by atoms with van der Waals surface area (Å²) in [7, 11) is 0. The Morgan fingerprint density at radius 2 is 1.84 bits per heavy atom. The Hall–Kier alpha value is -3.61. The Morgan fingerprint density at radius 3 is 2.56 bits per heavy atom. The maximum atomic E-state index is 12.3. The Kier molecular flexibility index (Phi) is 8.02. The summed E-state index contributed by atoms with van der Waals surface area (Å²) in [5, 5.41) is 6.67. The second-order valence-electron chi connectivity index (χ2n) is 7.59. The SMILES string of the molecule is Cc1ccc(CCC(=O)NCCOC(=O)c2cccc(OCc3c(C)noc3C)c2)cc1. The van der Waals surface area contributed by atoms with Crippen LogP contribution in [0.1, 0.15) is 44.9 Å². The summed E-state index contributed by atoms with van der Waals surface area (Å²) in [6.07, 6.45) is 1.06. The first-order valence-electron chi connectivity index (χ1n) is 10.6. The molecule has 0 aliphatic rings. The van der Waals surface area contributed by atoms with Crippen molar-refractivity contribution in [2.24, 2.45) is 0 Å². The van der Waals surface area contributed by atoms with Gasteiger partial charge in [0.15, 0.2) is 0 Å². The number of amides is 1. The molecule has 0 aliphatic carbocycles. The lowest BCUT2D eigenvalue weighted by Gasteiger charge is -2.09. The highest BCUT2D eigenvalue weighted by Crippen LogP contribution is 2.19. The number of esters is 1. The van der Waals surface area contributed by atoms with E-state index in [4.69, 9.17) is 14.0 Å². The fraction of sp³-hybridized carbons (Fsp3) is 0.320. The van der Waals surface area contributed by atoms with Crippen LogP contribution in [-0.4, -0.2) is 30.2 Å². The van der Waals surface area contributed by atoms with Crippen LogP contribution in [0.25, 0.3) is 0 Å². The number of ether oxygens (including phenoxy) is 2. The second kappa shape index (κ2) is 11.1. The molecule has 7 nitrogen and oxygen atoms in total. The average Bonchev–Trinajstić information content (AvgIpc) is 3.12. The van der Waals surface area contributed by atoms with Gasteiger partial charge in [-0.05, 0) is 51.0 Å². The normalized spacial score (nSPS) is 10.6. The first kappa shape index (κ1) is 23.1. The van der Waals surface area contributed by atoms with Crippen LogP contribution < -0.4 is 10.1 Å². The predicted octanol–water partition coefficient (Wildman–Crippen LogP) is 4.08. The summed E-state index contributed by atoms with van der Waals surface area (Å²) in [6, 6.07) is 14.9. The third-order valence-corrected chi connectivity index (χ3v) is 5.05. The van der Waals surface area contributed by atoms with E-state index in [0.29, 0.717) is 36.5 Å². The van der Waals surface area contributed by atoms with Gasteiger partial charge in [0.1, 0.15) is 24.7 Å². The Balaban J connectivity index is 1.38. The quantitative estimate of drug-likeness (QED) is 0.380. The largest absolute Gasteiger partial charge is 0.489 e. The lowest BCUT2D eigenvalue weighted by Crippen LogP contribution is -2.28. The summed E-state index contributed by atoms with van der Waals surface area (Å²) in [4.78, 5) is 24.3. The van der Waals surface area contributed by atoms with Gasteiger partial charge in [0.25, 0.3) is 0 Å². The molecule has 0 spiro atoms. The number of carbonyl (C=O) groups excluding carboxylic acids is 2. The zero-order chi connectivity index (χ0) is 22.9. The molecule has 0 atom stereocenters. The third-order valence-electron chi connectivity index (χ3n) is 5.05. The molecule has 1 heterocycles. The Bertz CT molecular complexity index is 1040. The topological polar surface area (TPSA) is 90.7 Å². The molecular formula is C25H28N2O5. The molecular weight excluding hydrogens is 408 g/mol. The van der Waals surface area contributed by atoms with Gasteiger partial charge in [0.2, 0.25) is 5.91 Å². The van der Waals surface area contributed by atoms with E-state index in [1.165, 1.54) is 5.56 Å². The summed E-state index contributed by atoms with van der Waals surface area (Å²) in [6.45, 7) is 6.37. The first-order chi connectivity index (χ1) is 15.4. The van der Waals surface area contributed by atoms with E-state index in [-0.39, 0.29) is 19.1 Å². The van der Waals surface area contributed by atoms with Gasteiger partial charge in [-0.1, -0.05) is 41.1 Å². The number of aromatic nitrogens is 1. The molecule has 0 saturated heterocycles. The molecule has 1 aromatic heterocycles. The number of rotatable bonds is 10. The van der Waals surface area contributed by atoms with Gasteiger partial charge in [-0.2, -0.15) is 0 Å². The van der Waals surface area contributed by atoms with Crippen molar-refractivity contribution in [1.29, 1.82) is 0 Å². The van der Waals surface area contributed by atoms with E-state index in [1.54, 1.807) is 24.3 Å². The molecule has 0 radical (unpaired) electrons. The van der Waals surface area contributed by atoms with Crippen molar-refractivity contribution in [2.45, 2.75) is 40.2 Å². The molecule has 3 rings (SSSR count). The minimum absolute atomic E-state index is 0.0728. The highest BCUT2D eigenvalue weighted by Gasteiger charge is 2.12. The number of aryl methyl sites for hydroxylation is 4. The van der Waals surface area contributed by atoms with Crippen LogP contribution in [0.3, 0.4) is 0 Å². The highest BCUT2D eigenvalue weighted by molar-refractivity contribution is 5.89. The van der Waals surface area contributed by atoms with Crippen LogP contribution >= 0.6 is 0 Å². The van der Waals surface area contributed by atoms with Crippen molar-refractivity contribution >= 4 is 11.9 Å². The second-order valence-corrected chi connectivity index (χ2v) is 7.59. The molecule has 0 saturated carbocycles. The summed E-state index contributed by atoms with van der Waals surface area (Å²) < 4.78 is 16.2. The summed E-state index contributed by atoms with van der Waals surface area (Å²) in [5.74, 6) is 0.709. The first-order valence-corrected chi connectivity index (χ1v) is 10.6. The van der Waals surface area contributed by atoms with Gasteiger partial charge in [-0.15, -0.1) is 0 Å². The molecule has 1 amide bonds. The summed E-state index contributed by atoms with van der Waals surface area (Å²) >= 11 is 0. The molecule has 3 aromatic rings. The molecule has 32 heavy (non-hydrogen) atoms. The van der Waals surface area contributed by atoms with Crippen LogP contribution in [0.15, 0.2) is 53.1 Å². The van der Waals surface area contributed by atoms with Crippen molar-refractivity contribution < 1.29 is 23.6 Å². The molecule has 0 fully saturated rings. The number of nitrogens with zero attached hydrogens (tertiary/aromatic N) is 1. The molecule has 0 bridgehead atoms. The molecule has 1 N–H and O–H groups in total. The standard InChI is InChI=1S/C25H28N2O5/c1-17-7-9-20(10-8-17)11-12-24(28)26-13-14-30-25(29)21-5-4-6-22(15-21)31-16-23-18(2)27-32-19(23)3/h4-10,15H,11-14,16H2,1-3H3,(H,26,28). The Morgan fingerprint density at radius 1 is 1.06 bits per heavy atom. The Labute approximate surface area is 187 Å². The van der Waals surface area contributed by atoms with E-state index in [1.807, 2.05) is 45.0 Å². The summed E-state index contributed by atoms with van der Waals surface area (Å²) in [5.41, 5.74) is 4.35. The van der Waals surface area contributed by atoms with Gasteiger partial charge >= 0.3 is 5.97 Å². The average molecular weight is 437 g/mol. The van der Waals surface area contributed by atoms with Crippen LogP contribution in [0.4, 0.5) is 0 Å². The highest BCUT2D eigenvalue weighted by atomic mass is 16.5. The van der Waals surface area contributed by atoms with Gasteiger partial charge in [0, 0.05) is 6.42 Å². The minimum Gasteiger partial charge on any atom is -0.489 e.